The second kappa shape index (κ2) is 11.7. The molecule has 1 saturated heterocycles. The number of aryl methyl sites for hydroxylation is 1. The molecule has 1 fully saturated rings. The summed E-state index contributed by atoms with van der Waals surface area (Å²) in [6.45, 7) is 8.83. The van der Waals surface area contributed by atoms with Gasteiger partial charge in [-0.1, -0.05) is 30.3 Å². The fourth-order valence-corrected chi connectivity index (χ4v) is 4.83. The van der Waals surface area contributed by atoms with Gasteiger partial charge < -0.3 is 20.4 Å². The molecule has 6 nitrogen and oxygen atoms in total. The summed E-state index contributed by atoms with van der Waals surface area (Å²) in [5.74, 6) is 0.425. The van der Waals surface area contributed by atoms with Crippen LogP contribution in [0.15, 0.2) is 71.5 Å². The van der Waals surface area contributed by atoms with Crippen LogP contribution >= 0.6 is 0 Å². The van der Waals surface area contributed by atoms with Crippen LogP contribution in [0.1, 0.15) is 31.4 Å². The summed E-state index contributed by atoms with van der Waals surface area (Å²) in [7, 11) is 2.15. The molecule has 3 atom stereocenters. The Morgan fingerprint density at radius 1 is 1.27 bits per heavy atom. The summed E-state index contributed by atoms with van der Waals surface area (Å²) in [5.41, 5.74) is 5.46. The van der Waals surface area contributed by atoms with Crippen LogP contribution in [-0.4, -0.2) is 50.2 Å². The number of nitriles is 1. The maximum absolute atomic E-state index is 9.55. The molecule has 2 heterocycles. The number of likely N-dealkylation sites (tertiary alicyclic amines) is 1. The first-order valence-corrected chi connectivity index (χ1v) is 12.9. The van der Waals surface area contributed by atoms with Crippen LogP contribution in [0.5, 0.6) is 0 Å². The number of nitrogens with zero attached hydrogens (tertiary/aromatic N) is 3. The van der Waals surface area contributed by atoms with E-state index in [0.29, 0.717) is 12.5 Å². The maximum Gasteiger partial charge on any atom is 0.0893 e. The van der Waals surface area contributed by atoms with E-state index < -0.39 is 5.41 Å². The number of anilines is 1. The van der Waals surface area contributed by atoms with Crippen molar-refractivity contribution in [2.45, 2.75) is 38.7 Å². The van der Waals surface area contributed by atoms with Gasteiger partial charge >= 0.3 is 0 Å². The predicted octanol–water partition coefficient (Wildman–Crippen LogP) is 5.96. The van der Waals surface area contributed by atoms with E-state index in [9.17, 15) is 5.26 Å². The number of hydrogen-bond acceptors (Lipinski definition) is 6. The molecule has 192 valence electrons. The average Bonchev–Trinajstić information content (AvgIpc) is 3.34. The molecule has 0 aromatic heterocycles. The zero-order valence-corrected chi connectivity index (χ0v) is 22.2. The predicted molar refractivity (Wildman–Crippen MR) is 152 cm³/mol. The van der Waals surface area contributed by atoms with Gasteiger partial charge in [0.2, 0.25) is 0 Å². The molecule has 6 heteroatoms. The highest BCUT2D eigenvalue weighted by molar-refractivity contribution is 5.86. The molecule has 37 heavy (non-hydrogen) atoms. The largest absolute Gasteiger partial charge is 0.373 e. The zero-order chi connectivity index (χ0) is 26.4. The summed E-state index contributed by atoms with van der Waals surface area (Å²) in [5, 5.41) is 21.1. The van der Waals surface area contributed by atoms with Crippen LogP contribution in [0.25, 0.3) is 11.1 Å². The smallest absolute Gasteiger partial charge is 0.0893 e. The third-order valence-corrected chi connectivity index (χ3v) is 7.36. The number of hydrogen-bond donors (Lipinski definition) is 2. The minimum atomic E-state index is -0.550. The molecule has 0 spiro atoms. The lowest BCUT2D eigenvalue weighted by molar-refractivity contribution is 0.0481. The molecule has 0 amide bonds. The summed E-state index contributed by atoms with van der Waals surface area (Å²) in [6.07, 6.45) is 9.94. The van der Waals surface area contributed by atoms with E-state index in [1.807, 2.05) is 44.5 Å². The lowest BCUT2D eigenvalue weighted by Crippen LogP contribution is -2.30. The lowest BCUT2D eigenvalue weighted by atomic mass is 9.85. The third-order valence-electron chi connectivity index (χ3n) is 7.36. The van der Waals surface area contributed by atoms with E-state index in [0.717, 1.165) is 53.0 Å². The Morgan fingerprint density at radius 3 is 2.81 bits per heavy atom. The highest BCUT2D eigenvalue weighted by Crippen LogP contribution is 2.30. The highest BCUT2D eigenvalue weighted by atomic mass is 16.5. The van der Waals surface area contributed by atoms with E-state index in [1.54, 1.807) is 6.20 Å². The molecule has 2 aromatic rings. The molecular weight excluding hydrogens is 458 g/mol. The van der Waals surface area contributed by atoms with Gasteiger partial charge in [-0.2, -0.15) is 5.26 Å². The topological polar surface area (TPSA) is 84.5 Å². The molecule has 3 unspecified atom stereocenters. The second-order valence-corrected chi connectivity index (χ2v) is 10.7. The third kappa shape index (κ3) is 6.43. The Hall–Kier alpha value is -3.53. The van der Waals surface area contributed by atoms with Crippen molar-refractivity contribution in [1.29, 1.82) is 10.7 Å². The van der Waals surface area contributed by atoms with Crippen molar-refractivity contribution in [2.24, 2.45) is 16.8 Å². The zero-order valence-electron chi connectivity index (χ0n) is 22.2. The van der Waals surface area contributed by atoms with E-state index in [1.165, 1.54) is 6.21 Å². The maximum atomic E-state index is 9.55. The monoisotopic (exact) mass is 495 g/mol. The quantitative estimate of drug-likeness (QED) is 0.421. The first kappa shape index (κ1) is 26.5. The van der Waals surface area contributed by atoms with Gasteiger partial charge in [0.15, 0.2) is 0 Å². The summed E-state index contributed by atoms with van der Waals surface area (Å²) in [6, 6.07) is 16.9. The Kier molecular flexibility index (Phi) is 8.38. The van der Waals surface area contributed by atoms with Crippen LogP contribution in [-0.2, 0) is 10.2 Å². The van der Waals surface area contributed by atoms with Gasteiger partial charge in [0.05, 0.1) is 30.1 Å². The van der Waals surface area contributed by atoms with Crippen molar-refractivity contribution < 1.29 is 4.74 Å². The Morgan fingerprint density at radius 2 is 2.08 bits per heavy atom. The standard InChI is InChI=1S/C31H37N5O/c1-22-8-9-25(24-6-5-7-27(14-24)31(2,3)21-33)15-29(22)35-17-26(16-32)28-18-34-12-10-30(28)37-20-23-11-13-36(4)19-23/h5-10,12,14-18,23,28,30,32,35H,11,13,19-20H2,1-4H3/b26-17+,32-16?. The van der Waals surface area contributed by atoms with Crippen molar-refractivity contribution in [1.82, 2.24) is 4.90 Å². The summed E-state index contributed by atoms with van der Waals surface area (Å²) < 4.78 is 6.31. The Labute approximate surface area is 220 Å². The molecule has 0 aliphatic carbocycles. The molecule has 2 aliphatic heterocycles. The summed E-state index contributed by atoms with van der Waals surface area (Å²) >= 11 is 0. The van der Waals surface area contributed by atoms with Crippen molar-refractivity contribution in [3.05, 3.63) is 77.6 Å². The van der Waals surface area contributed by atoms with E-state index >= 15 is 0 Å². The van der Waals surface area contributed by atoms with Gasteiger partial charge in [-0.15, -0.1) is 0 Å². The molecular formula is C31H37N5O. The number of rotatable bonds is 9. The minimum absolute atomic E-state index is 0.123. The van der Waals surface area contributed by atoms with Gasteiger partial charge in [0.25, 0.3) is 0 Å². The Bertz CT molecular complexity index is 1250. The normalized spacial score (nSPS) is 22.1. The van der Waals surface area contributed by atoms with Gasteiger partial charge in [-0.3, -0.25) is 4.99 Å². The number of nitrogens with one attached hydrogen (secondary N) is 2. The number of benzene rings is 2. The second-order valence-electron chi connectivity index (χ2n) is 10.7. The first-order valence-electron chi connectivity index (χ1n) is 12.9. The van der Waals surface area contributed by atoms with Crippen LogP contribution in [0.2, 0.25) is 0 Å². The van der Waals surface area contributed by atoms with E-state index in [2.05, 4.69) is 65.6 Å². The molecule has 2 aromatic carbocycles. The van der Waals surface area contributed by atoms with E-state index in [-0.39, 0.29) is 12.0 Å². The van der Waals surface area contributed by atoms with Crippen molar-refractivity contribution in [2.75, 3.05) is 32.1 Å². The minimum Gasteiger partial charge on any atom is -0.373 e. The van der Waals surface area contributed by atoms with Gasteiger partial charge in [0, 0.05) is 37.1 Å². The lowest BCUT2D eigenvalue weighted by Gasteiger charge is -2.26. The van der Waals surface area contributed by atoms with Crippen LogP contribution < -0.4 is 5.32 Å². The van der Waals surface area contributed by atoms with Crippen molar-refractivity contribution in [3.8, 4) is 17.2 Å². The first-order chi connectivity index (χ1) is 17.8. The van der Waals surface area contributed by atoms with Gasteiger partial charge in [-0.25, -0.2) is 0 Å². The number of ether oxygens (including phenoxy) is 1. The van der Waals surface area contributed by atoms with Gasteiger partial charge in [0.1, 0.15) is 0 Å². The fourth-order valence-electron chi connectivity index (χ4n) is 4.83. The molecule has 2 aliphatic rings. The van der Waals surface area contributed by atoms with Gasteiger partial charge in [-0.05, 0) is 92.7 Å². The van der Waals surface area contributed by atoms with Crippen LogP contribution in [0, 0.1) is 35.5 Å². The highest BCUT2D eigenvalue weighted by Gasteiger charge is 2.26. The fraction of sp³-hybridized carbons (Fsp3) is 0.387. The molecule has 0 radical (unpaired) electrons. The van der Waals surface area contributed by atoms with Crippen molar-refractivity contribution >= 4 is 18.1 Å². The molecule has 0 saturated carbocycles. The molecule has 2 N–H and O–H groups in total. The van der Waals surface area contributed by atoms with Crippen molar-refractivity contribution in [3.63, 3.8) is 0 Å². The molecule has 4 rings (SSSR count). The average molecular weight is 496 g/mol. The number of aliphatic imine (C=N–C) groups is 1. The molecule has 0 bridgehead atoms. The Balaban J connectivity index is 1.51. The van der Waals surface area contributed by atoms with Crippen LogP contribution in [0.4, 0.5) is 5.69 Å². The van der Waals surface area contributed by atoms with E-state index in [4.69, 9.17) is 10.1 Å². The van der Waals surface area contributed by atoms with Crippen LogP contribution in [0.3, 0.4) is 0 Å². The summed E-state index contributed by atoms with van der Waals surface area (Å²) in [4.78, 5) is 6.68. The SMILES string of the molecule is Cc1ccc(-c2cccc(C(C)(C)C#N)c2)cc1N/C=C(\C=N)C1C=NC=CC1OCC1CCN(C)C1.